The molecule has 3 unspecified atom stereocenters. The van der Waals surface area contributed by atoms with Gasteiger partial charge in [0.25, 0.3) is 0 Å². The van der Waals surface area contributed by atoms with Crippen molar-refractivity contribution in [3.63, 3.8) is 0 Å². The molecule has 3 fully saturated rings. The molecule has 2 aliphatic heterocycles. The average Bonchev–Trinajstić information content (AvgIpc) is 3.40. The third-order valence-electron chi connectivity index (χ3n) is 8.16. The number of fused-ring (bicyclic) bond motifs is 2. The number of ether oxygens (including phenoxy) is 1. The number of nitrogens with zero attached hydrogens (tertiary/aromatic N) is 2. The van der Waals surface area contributed by atoms with E-state index < -0.39 is 0 Å². The van der Waals surface area contributed by atoms with E-state index in [1.807, 2.05) is 0 Å². The van der Waals surface area contributed by atoms with Gasteiger partial charge in [0.15, 0.2) is 0 Å². The van der Waals surface area contributed by atoms with Gasteiger partial charge in [-0.3, -0.25) is 0 Å². The zero-order valence-electron chi connectivity index (χ0n) is 18.3. The van der Waals surface area contributed by atoms with E-state index in [9.17, 15) is 0 Å². The summed E-state index contributed by atoms with van der Waals surface area (Å²) in [6, 6.07) is 6.92. The van der Waals surface area contributed by atoms with E-state index in [0.717, 1.165) is 36.5 Å². The van der Waals surface area contributed by atoms with Gasteiger partial charge in [-0.1, -0.05) is 18.9 Å². The van der Waals surface area contributed by atoms with Crippen LogP contribution in [-0.4, -0.2) is 55.7 Å². The number of likely N-dealkylation sites (tertiary alicyclic amines) is 2. The highest BCUT2D eigenvalue weighted by Gasteiger charge is 2.33. The third kappa shape index (κ3) is 4.99. The summed E-state index contributed by atoms with van der Waals surface area (Å²) in [4.78, 5) is 5.39. The van der Waals surface area contributed by atoms with Crippen molar-refractivity contribution >= 4 is 0 Å². The number of benzene rings is 1. The molecule has 0 radical (unpaired) electrons. The molecule has 4 aliphatic rings. The highest BCUT2D eigenvalue weighted by molar-refractivity contribution is 5.37. The molecule has 2 heterocycles. The monoisotopic (exact) mass is 396 g/mol. The van der Waals surface area contributed by atoms with Crippen molar-refractivity contribution in [3.8, 4) is 5.75 Å². The van der Waals surface area contributed by atoms with Crippen molar-refractivity contribution < 1.29 is 4.74 Å². The summed E-state index contributed by atoms with van der Waals surface area (Å²) in [5.41, 5.74) is 3.12. The molecule has 0 N–H and O–H groups in total. The Labute approximate surface area is 177 Å². The summed E-state index contributed by atoms with van der Waals surface area (Å²) in [6.45, 7) is 8.75. The van der Waals surface area contributed by atoms with Crippen LogP contribution < -0.4 is 4.74 Å². The second kappa shape index (κ2) is 9.39. The highest BCUT2D eigenvalue weighted by atomic mass is 16.5. The molecule has 1 aromatic rings. The van der Waals surface area contributed by atoms with Crippen molar-refractivity contribution in [2.45, 2.75) is 64.2 Å². The zero-order valence-corrected chi connectivity index (χ0v) is 18.3. The minimum atomic E-state index is 0.858. The second-order valence-corrected chi connectivity index (χ2v) is 10.3. The molecule has 1 saturated carbocycles. The van der Waals surface area contributed by atoms with Crippen LogP contribution in [0.2, 0.25) is 0 Å². The first kappa shape index (κ1) is 19.9. The predicted molar refractivity (Wildman–Crippen MR) is 120 cm³/mol. The standard InChI is InChI=1S/C26H40N2O/c1-2-7-25-20-28(19-24(25)6-1)14-5-15-29-26-11-10-22-16-21(8-9-23(22)17-26)18-27-12-3-4-13-27/h10-11,17,21,24-25H,1-9,12-16,18-20H2. The fourth-order valence-electron chi connectivity index (χ4n) is 6.55. The van der Waals surface area contributed by atoms with Crippen LogP contribution >= 0.6 is 0 Å². The lowest BCUT2D eigenvalue weighted by Gasteiger charge is -2.28. The Balaban J connectivity index is 1.05. The lowest BCUT2D eigenvalue weighted by Crippen LogP contribution is -2.30. The Hall–Kier alpha value is -1.06. The Morgan fingerprint density at radius 1 is 0.862 bits per heavy atom. The quantitative estimate of drug-likeness (QED) is 0.617. The van der Waals surface area contributed by atoms with E-state index in [4.69, 9.17) is 4.74 Å². The molecule has 2 saturated heterocycles. The molecule has 3 nitrogen and oxygen atoms in total. The van der Waals surface area contributed by atoms with Crippen LogP contribution in [-0.2, 0) is 12.8 Å². The summed E-state index contributed by atoms with van der Waals surface area (Å²) in [5, 5.41) is 0. The molecule has 160 valence electrons. The molecule has 0 bridgehead atoms. The van der Waals surface area contributed by atoms with Gasteiger partial charge in [-0.25, -0.2) is 0 Å². The van der Waals surface area contributed by atoms with Gasteiger partial charge in [0, 0.05) is 26.2 Å². The molecular weight excluding hydrogens is 356 g/mol. The van der Waals surface area contributed by atoms with Gasteiger partial charge < -0.3 is 14.5 Å². The van der Waals surface area contributed by atoms with E-state index in [2.05, 4.69) is 28.0 Å². The van der Waals surface area contributed by atoms with E-state index in [1.165, 1.54) is 97.1 Å². The minimum Gasteiger partial charge on any atom is -0.494 e. The first-order valence-corrected chi connectivity index (χ1v) is 12.5. The van der Waals surface area contributed by atoms with E-state index in [-0.39, 0.29) is 0 Å². The number of aryl methyl sites for hydroxylation is 1. The van der Waals surface area contributed by atoms with Crippen molar-refractivity contribution in [3.05, 3.63) is 29.3 Å². The van der Waals surface area contributed by atoms with Crippen LogP contribution in [0, 0.1) is 17.8 Å². The maximum Gasteiger partial charge on any atom is 0.119 e. The van der Waals surface area contributed by atoms with Crippen LogP contribution in [0.5, 0.6) is 5.75 Å². The van der Waals surface area contributed by atoms with Crippen LogP contribution in [0.4, 0.5) is 0 Å². The first-order valence-electron chi connectivity index (χ1n) is 12.5. The Morgan fingerprint density at radius 2 is 1.66 bits per heavy atom. The van der Waals surface area contributed by atoms with Gasteiger partial charge in [-0.2, -0.15) is 0 Å². The fraction of sp³-hybridized carbons (Fsp3) is 0.769. The lowest BCUT2D eigenvalue weighted by atomic mass is 9.82. The minimum absolute atomic E-state index is 0.858. The normalized spacial score (nSPS) is 30.3. The Bertz CT molecular complexity index is 655. The second-order valence-electron chi connectivity index (χ2n) is 10.3. The largest absolute Gasteiger partial charge is 0.494 e. The van der Waals surface area contributed by atoms with Crippen molar-refractivity contribution in [2.24, 2.45) is 17.8 Å². The Morgan fingerprint density at radius 3 is 2.45 bits per heavy atom. The highest BCUT2D eigenvalue weighted by Crippen LogP contribution is 2.36. The molecule has 29 heavy (non-hydrogen) atoms. The summed E-state index contributed by atoms with van der Waals surface area (Å²) in [5.74, 6) is 3.95. The molecular formula is C26H40N2O. The molecule has 2 aliphatic carbocycles. The van der Waals surface area contributed by atoms with Gasteiger partial charge in [-0.15, -0.1) is 0 Å². The third-order valence-corrected chi connectivity index (χ3v) is 8.16. The summed E-state index contributed by atoms with van der Waals surface area (Å²) in [7, 11) is 0. The fourth-order valence-corrected chi connectivity index (χ4v) is 6.55. The van der Waals surface area contributed by atoms with Crippen LogP contribution in [0.1, 0.15) is 62.5 Å². The number of hydrogen-bond acceptors (Lipinski definition) is 3. The van der Waals surface area contributed by atoms with Crippen molar-refractivity contribution in [2.75, 3.05) is 45.9 Å². The molecule has 3 heteroatoms. The number of rotatable bonds is 7. The maximum atomic E-state index is 6.15. The van der Waals surface area contributed by atoms with E-state index in [0.29, 0.717) is 0 Å². The van der Waals surface area contributed by atoms with Crippen LogP contribution in [0.25, 0.3) is 0 Å². The van der Waals surface area contributed by atoms with Gasteiger partial charge in [0.2, 0.25) is 0 Å². The van der Waals surface area contributed by atoms with Gasteiger partial charge >= 0.3 is 0 Å². The average molecular weight is 397 g/mol. The summed E-state index contributed by atoms with van der Waals surface area (Å²) < 4.78 is 6.15. The smallest absolute Gasteiger partial charge is 0.119 e. The van der Waals surface area contributed by atoms with Gasteiger partial charge in [-0.05, 0) is 105 Å². The van der Waals surface area contributed by atoms with Crippen LogP contribution in [0.15, 0.2) is 18.2 Å². The summed E-state index contributed by atoms with van der Waals surface area (Å²) >= 11 is 0. The summed E-state index contributed by atoms with van der Waals surface area (Å²) in [6.07, 6.45) is 13.7. The number of hydrogen-bond donors (Lipinski definition) is 0. The Kier molecular flexibility index (Phi) is 6.44. The van der Waals surface area contributed by atoms with Crippen molar-refractivity contribution in [1.29, 1.82) is 0 Å². The lowest BCUT2D eigenvalue weighted by molar-refractivity contribution is 0.255. The molecule has 3 atom stereocenters. The van der Waals surface area contributed by atoms with E-state index >= 15 is 0 Å². The van der Waals surface area contributed by atoms with E-state index in [1.54, 1.807) is 11.1 Å². The SMILES string of the molecule is c1cc2c(cc1OCCCN1CC3CCCCC3C1)CCC(CN1CCCC1)C2. The zero-order chi connectivity index (χ0) is 19.5. The van der Waals surface area contributed by atoms with Gasteiger partial charge in [0.1, 0.15) is 5.75 Å². The molecule has 0 aromatic heterocycles. The molecule has 0 amide bonds. The maximum absolute atomic E-state index is 6.15. The molecule has 5 rings (SSSR count). The molecule has 1 aromatic carbocycles. The van der Waals surface area contributed by atoms with Gasteiger partial charge in [0.05, 0.1) is 6.61 Å². The van der Waals surface area contributed by atoms with Crippen LogP contribution in [0.3, 0.4) is 0 Å². The van der Waals surface area contributed by atoms with Crippen molar-refractivity contribution in [1.82, 2.24) is 9.80 Å². The predicted octanol–water partition coefficient (Wildman–Crippen LogP) is 4.78. The molecule has 0 spiro atoms. The first-order chi connectivity index (χ1) is 14.3. The topological polar surface area (TPSA) is 15.7 Å².